The van der Waals surface area contributed by atoms with Crippen LogP contribution in [0.5, 0.6) is 0 Å². The van der Waals surface area contributed by atoms with Crippen molar-refractivity contribution >= 4 is 5.69 Å². The first-order valence-corrected chi connectivity index (χ1v) is 5.96. The second-order valence-electron chi connectivity index (χ2n) is 4.35. The molecule has 2 rings (SSSR count). The first-order chi connectivity index (χ1) is 9.02. The van der Waals surface area contributed by atoms with Crippen molar-refractivity contribution in [3.8, 4) is 5.69 Å². The van der Waals surface area contributed by atoms with Crippen LogP contribution < -0.4 is 5.73 Å². The summed E-state index contributed by atoms with van der Waals surface area (Å²) in [7, 11) is 0. The molecule has 100 valence electrons. The van der Waals surface area contributed by atoms with Crippen molar-refractivity contribution in [3.05, 3.63) is 45.8 Å². The Balaban J connectivity index is 2.49. The van der Waals surface area contributed by atoms with Crippen molar-refractivity contribution in [2.75, 3.05) is 0 Å². The van der Waals surface area contributed by atoms with Crippen molar-refractivity contribution in [1.29, 1.82) is 0 Å². The second kappa shape index (κ2) is 5.15. The van der Waals surface area contributed by atoms with E-state index in [9.17, 15) is 10.1 Å². The molecule has 0 aliphatic rings. The number of nitro benzene ring substituents is 1. The number of nitrogens with zero attached hydrogens (tertiary/aromatic N) is 4. The summed E-state index contributed by atoms with van der Waals surface area (Å²) in [5.41, 5.74) is 7.79. The SMILES string of the molecule is CCC(N)c1cn(-c2cc(C)ccc2[N+](=O)[O-])nn1. The molecule has 0 fully saturated rings. The van der Waals surface area contributed by atoms with E-state index in [1.807, 2.05) is 13.8 Å². The van der Waals surface area contributed by atoms with E-state index >= 15 is 0 Å². The van der Waals surface area contributed by atoms with Gasteiger partial charge in [0, 0.05) is 6.07 Å². The maximum Gasteiger partial charge on any atom is 0.294 e. The molecule has 7 heteroatoms. The van der Waals surface area contributed by atoms with Gasteiger partial charge in [0.15, 0.2) is 0 Å². The Bertz CT molecular complexity index is 608. The van der Waals surface area contributed by atoms with Gasteiger partial charge >= 0.3 is 0 Å². The fourth-order valence-electron chi connectivity index (χ4n) is 1.74. The van der Waals surface area contributed by atoms with Crippen LogP contribution in [0.4, 0.5) is 5.69 Å². The monoisotopic (exact) mass is 261 g/mol. The van der Waals surface area contributed by atoms with Crippen molar-refractivity contribution in [2.24, 2.45) is 5.73 Å². The summed E-state index contributed by atoms with van der Waals surface area (Å²) in [6.45, 7) is 3.81. The Hall–Kier alpha value is -2.28. The van der Waals surface area contributed by atoms with E-state index in [1.165, 1.54) is 10.7 Å². The highest BCUT2D eigenvalue weighted by Crippen LogP contribution is 2.24. The van der Waals surface area contributed by atoms with E-state index in [0.29, 0.717) is 11.4 Å². The number of nitrogens with two attached hydrogens (primary N) is 1. The summed E-state index contributed by atoms with van der Waals surface area (Å²) in [4.78, 5) is 10.6. The Morgan fingerprint density at radius 3 is 2.89 bits per heavy atom. The van der Waals surface area contributed by atoms with Crippen LogP contribution in [0.2, 0.25) is 0 Å². The first-order valence-electron chi connectivity index (χ1n) is 5.96. The van der Waals surface area contributed by atoms with Crippen LogP contribution in [0.15, 0.2) is 24.4 Å². The van der Waals surface area contributed by atoms with Crippen LogP contribution in [-0.4, -0.2) is 19.9 Å². The Kier molecular flexibility index (Phi) is 3.57. The molecular weight excluding hydrogens is 246 g/mol. The van der Waals surface area contributed by atoms with E-state index in [-0.39, 0.29) is 11.7 Å². The number of nitro groups is 1. The van der Waals surface area contributed by atoms with Gasteiger partial charge in [-0.25, -0.2) is 4.68 Å². The Morgan fingerprint density at radius 2 is 2.26 bits per heavy atom. The quantitative estimate of drug-likeness (QED) is 0.669. The van der Waals surface area contributed by atoms with Gasteiger partial charge in [0.25, 0.3) is 5.69 Å². The summed E-state index contributed by atoms with van der Waals surface area (Å²) in [6, 6.07) is 4.65. The largest absolute Gasteiger partial charge is 0.323 e. The fourth-order valence-corrected chi connectivity index (χ4v) is 1.74. The smallest absolute Gasteiger partial charge is 0.294 e. The standard InChI is InChI=1S/C12H15N5O2/c1-3-9(13)10-7-16(15-14-10)12-6-8(2)4-5-11(12)17(18)19/h4-7,9H,3,13H2,1-2H3. The second-order valence-corrected chi connectivity index (χ2v) is 4.35. The normalized spacial score (nSPS) is 12.4. The highest BCUT2D eigenvalue weighted by molar-refractivity contribution is 5.53. The minimum atomic E-state index is -0.435. The average molecular weight is 261 g/mol. The van der Waals surface area contributed by atoms with Gasteiger partial charge in [0.1, 0.15) is 5.69 Å². The summed E-state index contributed by atoms with van der Waals surface area (Å²) >= 11 is 0. The van der Waals surface area contributed by atoms with Crippen LogP contribution in [0.3, 0.4) is 0 Å². The molecule has 0 spiro atoms. The molecule has 2 aromatic rings. The van der Waals surface area contributed by atoms with Crippen molar-refractivity contribution < 1.29 is 4.92 Å². The average Bonchev–Trinajstić information content (AvgIpc) is 2.86. The van der Waals surface area contributed by atoms with E-state index in [0.717, 1.165) is 12.0 Å². The highest BCUT2D eigenvalue weighted by atomic mass is 16.6. The minimum absolute atomic E-state index is 0.00730. The molecule has 2 N–H and O–H groups in total. The molecule has 1 unspecified atom stereocenters. The molecule has 0 aliphatic carbocycles. The maximum absolute atomic E-state index is 11.0. The topological polar surface area (TPSA) is 99.9 Å². The third-order valence-electron chi connectivity index (χ3n) is 2.91. The lowest BCUT2D eigenvalue weighted by molar-refractivity contribution is -0.384. The number of hydrogen-bond donors (Lipinski definition) is 1. The third kappa shape index (κ3) is 2.60. The van der Waals surface area contributed by atoms with E-state index < -0.39 is 4.92 Å². The molecule has 1 heterocycles. The molecule has 0 bridgehead atoms. The summed E-state index contributed by atoms with van der Waals surface area (Å²) in [6.07, 6.45) is 2.37. The van der Waals surface area contributed by atoms with Gasteiger partial charge < -0.3 is 5.73 Å². The molecule has 0 radical (unpaired) electrons. The predicted molar refractivity (Wildman–Crippen MR) is 70.0 cm³/mol. The molecule has 1 aromatic heterocycles. The lowest BCUT2D eigenvalue weighted by atomic mass is 10.2. The zero-order valence-corrected chi connectivity index (χ0v) is 10.8. The lowest BCUT2D eigenvalue weighted by Crippen LogP contribution is -2.08. The van der Waals surface area contributed by atoms with Gasteiger partial charge in [-0.15, -0.1) is 5.10 Å². The first kappa shape index (κ1) is 13.2. The van der Waals surface area contributed by atoms with Crippen molar-refractivity contribution in [3.63, 3.8) is 0 Å². The lowest BCUT2D eigenvalue weighted by Gasteiger charge is -2.04. The molecule has 1 aromatic carbocycles. The predicted octanol–water partition coefficient (Wildman–Crippen LogP) is 1.89. The summed E-state index contributed by atoms with van der Waals surface area (Å²) < 4.78 is 1.40. The number of aromatic nitrogens is 3. The third-order valence-corrected chi connectivity index (χ3v) is 2.91. The molecule has 0 aliphatic heterocycles. The number of rotatable bonds is 4. The van der Waals surface area contributed by atoms with Crippen LogP contribution in [0, 0.1) is 17.0 Å². The minimum Gasteiger partial charge on any atom is -0.323 e. The molecule has 19 heavy (non-hydrogen) atoms. The van der Waals surface area contributed by atoms with E-state index in [1.54, 1.807) is 18.3 Å². The number of hydrogen-bond acceptors (Lipinski definition) is 5. The highest BCUT2D eigenvalue weighted by Gasteiger charge is 2.17. The van der Waals surface area contributed by atoms with Gasteiger partial charge in [-0.05, 0) is 25.0 Å². The molecule has 1 atom stereocenters. The summed E-state index contributed by atoms with van der Waals surface area (Å²) in [5.74, 6) is 0. The molecular formula is C12H15N5O2. The summed E-state index contributed by atoms with van der Waals surface area (Å²) in [5, 5.41) is 18.9. The zero-order chi connectivity index (χ0) is 14.0. The number of aryl methyl sites for hydroxylation is 1. The van der Waals surface area contributed by atoms with Crippen LogP contribution in [-0.2, 0) is 0 Å². The van der Waals surface area contributed by atoms with E-state index in [4.69, 9.17) is 5.73 Å². The van der Waals surface area contributed by atoms with Crippen molar-refractivity contribution in [2.45, 2.75) is 26.3 Å². The molecule has 0 saturated heterocycles. The van der Waals surface area contributed by atoms with Gasteiger partial charge in [0.05, 0.1) is 22.9 Å². The van der Waals surface area contributed by atoms with Gasteiger partial charge in [-0.3, -0.25) is 10.1 Å². The molecule has 0 saturated carbocycles. The Morgan fingerprint density at radius 1 is 1.53 bits per heavy atom. The fraction of sp³-hybridized carbons (Fsp3) is 0.333. The van der Waals surface area contributed by atoms with Crippen LogP contribution in [0.25, 0.3) is 5.69 Å². The van der Waals surface area contributed by atoms with Crippen LogP contribution >= 0.6 is 0 Å². The Labute approximate surface area is 110 Å². The van der Waals surface area contributed by atoms with Gasteiger partial charge in [-0.1, -0.05) is 18.2 Å². The van der Waals surface area contributed by atoms with E-state index in [2.05, 4.69) is 10.3 Å². The van der Waals surface area contributed by atoms with Crippen molar-refractivity contribution in [1.82, 2.24) is 15.0 Å². The molecule has 7 nitrogen and oxygen atoms in total. The van der Waals surface area contributed by atoms with Gasteiger partial charge in [0.2, 0.25) is 0 Å². The number of benzene rings is 1. The van der Waals surface area contributed by atoms with Crippen LogP contribution in [0.1, 0.15) is 30.6 Å². The molecule has 0 amide bonds. The maximum atomic E-state index is 11.0. The van der Waals surface area contributed by atoms with Gasteiger partial charge in [-0.2, -0.15) is 0 Å². The zero-order valence-electron chi connectivity index (χ0n) is 10.8.